The van der Waals surface area contributed by atoms with E-state index in [0.29, 0.717) is 31.9 Å². The Bertz CT molecular complexity index is 771. The van der Waals surface area contributed by atoms with Crippen molar-refractivity contribution < 1.29 is 9.53 Å². The molecule has 1 aliphatic carbocycles. The van der Waals surface area contributed by atoms with E-state index in [2.05, 4.69) is 33.4 Å². The lowest BCUT2D eigenvalue weighted by molar-refractivity contribution is -0.138. The number of fused-ring (bicyclic) bond motifs is 1. The third-order valence-corrected chi connectivity index (χ3v) is 5.09. The Morgan fingerprint density at radius 2 is 2.16 bits per heavy atom. The van der Waals surface area contributed by atoms with Gasteiger partial charge in [0, 0.05) is 6.54 Å². The summed E-state index contributed by atoms with van der Waals surface area (Å²) in [5.74, 6) is 1.54. The van der Waals surface area contributed by atoms with E-state index in [-0.39, 0.29) is 12.0 Å². The Kier molecular flexibility index (Phi) is 4.53. The molecule has 1 amide bonds. The van der Waals surface area contributed by atoms with Gasteiger partial charge in [-0.15, -0.1) is 0 Å². The molecular formula is C19H24N4O2. The molecule has 1 unspecified atom stereocenters. The monoisotopic (exact) mass is 340 g/mol. The van der Waals surface area contributed by atoms with Gasteiger partial charge in [0.2, 0.25) is 5.91 Å². The lowest BCUT2D eigenvalue weighted by Gasteiger charge is -2.31. The fourth-order valence-electron chi connectivity index (χ4n) is 3.72. The quantitative estimate of drug-likeness (QED) is 0.929. The molecule has 1 aromatic heterocycles. The molecule has 2 aromatic rings. The normalized spacial score (nSPS) is 20.4. The molecule has 2 heterocycles. The van der Waals surface area contributed by atoms with E-state index in [4.69, 9.17) is 4.74 Å². The molecule has 0 radical (unpaired) electrons. The molecular weight excluding hydrogens is 316 g/mol. The van der Waals surface area contributed by atoms with Gasteiger partial charge in [-0.3, -0.25) is 9.89 Å². The van der Waals surface area contributed by atoms with Gasteiger partial charge in [0.25, 0.3) is 0 Å². The highest BCUT2D eigenvalue weighted by molar-refractivity contribution is 5.79. The number of ether oxygens (including phenoxy) is 1. The van der Waals surface area contributed by atoms with Crippen molar-refractivity contribution >= 4 is 5.91 Å². The predicted molar refractivity (Wildman–Crippen MR) is 93.2 cm³/mol. The molecule has 1 saturated heterocycles. The number of aryl methyl sites for hydroxylation is 3. The molecule has 1 atom stereocenters. The molecule has 1 N–H and O–H groups in total. The first-order valence-corrected chi connectivity index (χ1v) is 9.08. The minimum absolute atomic E-state index is 0.149. The molecule has 6 nitrogen and oxygen atoms in total. The number of nitrogens with zero attached hydrogens (tertiary/aromatic N) is 3. The molecule has 0 saturated carbocycles. The maximum atomic E-state index is 12.7. The first kappa shape index (κ1) is 16.3. The molecule has 25 heavy (non-hydrogen) atoms. The van der Waals surface area contributed by atoms with Crippen LogP contribution in [0.4, 0.5) is 0 Å². The van der Waals surface area contributed by atoms with E-state index in [0.717, 1.165) is 17.8 Å². The lowest BCUT2D eigenvalue weighted by Crippen LogP contribution is -2.43. The van der Waals surface area contributed by atoms with Crippen LogP contribution in [0.15, 0.2) is 18.2 Å². The van der Waals surface area contributed by atoms with Crippen LogP contribution in [0.2, 0.25) is 0 Å². The Hall–Kier alpha value is -2.21. The molecule has 132 valence electrons. The van der Waals surface area contributed by atoms with Crippen LogP contribution in [0, 0.1) is 6.92 Å². The molecule has 1 aromatic carbocycles. The second kappa shape index (κ2) is 6.96. The highest BCUT2D eigenvalue weighted by Gasteiger charge is 2.28. The van der Waals surface area contributed by atoms with Crippen molar-refractivity contribution in [3.8, 4) is 0 Å². The van der Waals surface area contributed by atoms with Crippen molar-refractivity contribution in [2.45, 2.75) is 45.1 Å². The number of aromatic nitrogens is 3. The maximum Gasteiger partial charge on any atom is 0.227 e. The fraction of sp³-hybridized carbons (Fsp3) is 0.526. The van der Waals surface area contributed by atoms with Gasteiger partial charge in [0.15, 0.2) is 5.82 Å². The van der Waals surface area contributed by atoms with E-state index in [1.54, 1.807) is 0 Å². The Balaban J connectivity index is 1.42. The predicted octanol–water partition coefficient (Wildman–Crippen LogP) is 2.13. The molecule has 0 spiro atoms. The second-order valence-electron chi connectivity index (χ2n) is 6.97. The largest absolute Gasteiger partial charge is 0.366 e. The highest BCUT2D eigenvalue weighted by atomic mass is 16.5. The number of carbonyl (C=O) groups is 1. The zero-order valence-electron chi connectivity index (χ0n) is 14.6. The van der Waals surface area contributed by atoms with E-state index in [1.165, 1.54) is 30.4 Å². The van der Waals surface area contributed by atoms with Gasteiger partial charge in [0.1, 0.15) is 11.9 Å². The van der Waals surface area contributed by atoms with Crippen LogP contribution in [-0.4, -0.2) is 45.7 Å². The van der Waals surface area contributed by atoms with Gasteiger partial charge < -0.3 is 9.64 Å². The van der Waals surface area contributed by atoms with Crippen LogP contribution >= 0.6 is 0 Å². The summed E-state index contributed by atoms with van der Waals surface area (Å²) in [5.41, 5.74) is 3.99. The number of nitrogens with one attached hydrogen (secondary N) is 1. The van der Waals surface area contributed by atoms with Crippen LogP contribution in [0.25, 0.3) is 0 Å². The van der Waals surface area contributed by atoms with Crippen molar-refractivity contribution in [2.24, 2.45) is 0 Å². The lowest BCUT2D eigenvalue weighted by atomic mass is 9.90. The highest BCUT2D eigenvalue weighted by Crippen LogP contribution is 2.23. The average molecular weight is 340 g/mol. The number of morpholine rings is 1. The minimum atomic E-state index is -0.244. The van der Waals surface area contributed by atoms with Crippen LogP contribution in [0.1, 0.15) is 47.3 Å². The Labute approximate surface area is 147 Å². The fourth-order valence-corrected chi connectivity index (χ4v) is 3.72. The smallest absolute Gasteiger partial charge is 0.227 e. The van der Waals surface area contributed by atoms with Crippen molar-refractivity contribution in [3.63, 3.8) is 0 Å². The zero-order chi connectivity index (χ0) is 17.2. The summed E-state index contributed by atoms with van der Waals surface area (Å²) in [6.07, 6.45) is 5.05. The Morgan fingerprint density at radius 1 is 1.32 bits per heavy atom. The molecule has 0 bridgehead atoms. The molecule has 6 heteroatoms. The first-order valence-electron chi connectivity index (χ1n) is 9.08. The third kappa shape index (κ3) is 3.58. The number of amides is 1. The van der Waals surface area contributed by atoms with Gasteiger partial charge in [-0.05, 0) is 49.3 Å². The van der Waals surface area contributed by atoms with Crippen LogP contribution < -0.4 is 0 Å². The van der Waals surface area contributed by atoms with Crippen molar-refractivity contribution in [2.75, 3.05) is 19.7 Å². The van der Waals surface area contributed by atoms with Gasteiger partial charge in [-0.2, -0.15) is 5.10 Å². The average Bonchev–Trinajstić information content (AvgIpc) is 3.08. The van der Waals surface area contributed by atoms with Crippen LogP contribution in [-0.2, 0) is 28.8 Å². The second-order valence-corrected chi connectivity index (χ2v) is 6.97. The summed E-state index contributed by atoms with van der Waals surface area (Å²) in [5, 5.41) is 7.00. The van der Waals surface area contributed by atoms with Crippen molar-refractivity contribution in [1.82, 2.24) is 20.1 Å². The van der Waals surface area contributed by atoms with E-state index >= 15 is 0 Å². The molecule has 1 aliphatic heterocycles. The topological polar surface area (TPSA) is 71.1 Å². The summed E-state index contributed by atoms with van der Waals surface area (Å²) in [6.45, 7) is 3.53. The van der Waals surface area contributed by atoms with Gasteiger partial charge in [-0.1, -0.05) is 18.2 Å². The molecule has 1 fully saturated rings. The SMILES string of the molecule is Cc1nc(C2CN(C(=O)Cc3ccc4c(c3)CCCC4)CCO2)n[nH]1. The summed E-state index contributed by atoms with van der Waals surface area (Å²) < 4.78 is 5.74. The number of rotatable bonds is 3. The van der Waals surface area contributed by atoms with Gasteiger partial charge in [0.05, 0.1) is 19.6 Å². The number of hydrogen-bond acceptors (Lipinski definition) is 4. The number of hydrogen-bond donors (Lipinski definition) is 1. The molecule has 4 rings (SSSR count). The summed E-state index contributed by atoms with van der Waals surface area (Å²) in [6, 6.07) is 6.54. The standard InChI is InChI=1S/C19H24N4O2/c1-13-20-19(22-21-13)17-12-23(8-9-25-17)18(24)11-14-6-7-15-4-2-3-5-16(15)10-14/h6-7,10,17H,2-5,8-9,11-12H2,1H3,(H,20,21,22). The van der Waals surface area contributed by atoms with E-state index in [9.17, 15) is 4.79 Å². The van der Waals surface area contributed by atoms with E-state index in [1.807, 2.05) is 11.8 Å². The van der Waals surface area contributed by atoms with Gasteiger partial charge in [-0.25, -0.2) is 4.98 Å². The third-order valence-electron chi connectivity index (χ3n) is 5.09. The number of benzene rings is 1. The zero-order valence-corrected chi connectivity index (χ0v) is 14.6. The number of H-pyrrole nitrogens is 1. The van der Waals surface area contributed by atoms with Crippen molar-refractivity contribution in [1.29, 1.82) is 0 Å². The minimum Gasteiger partial charge on any atom is -0.366 e. The Morgan fingerprint density at radius 3 is 2.96 bits per heavy atom. The maximum absolute atomic E-state index is 12.7. The van der Waals surface area contributed by atoms with Crippen LogP contribution in [0.3, 0.4) is 0 Å². The molecule has 2 aliphatic rings. The van der Waals surface area contributed by atoms with Crippen LogP contribution in [0.5, 0.6) is 0 Å². The number of aromatic amines is 1. The number of carbonyl (C=O) groups excluding carboxylic acids is 1. The van der Waals surface area contributed by atoms with E-state index < -0.39 is 0 Å². The first-order chi connectivity index (χ1) is 12.2. The van der Waals surface area contributed by atoms with Gasteiger partial charge >= 0.3 is 0 Å². The van der Waals surface area contributed by atoms with Crippen molar-refractivity contribution in [3.05, 3.63) is 46.5 Å². The summed E-state index contributed by atoms with van der Waals surface area (Å²) in [4.78, 5) is 18.9. The summed E-state index contributed by atoms with van der Waals surface area (Å²) in [7, 11) is 0. The summed E-state index contributed by atoms with van der Waals surface area (Å²) >= 11 is 0.